The first-order chi connectivity index (χ1) is 17.1. The van der Waals surface area contributed by atoms with E-state index in [1.54, 1.807) is 5.56 Å². The molecule has 0 radical (unpaired) electrons. The molecule has 0 bridgehead atoms. The van der Waals surface area contributed by atoms with E-state index in [4.69, 9.17) is 9.47 Å². The van der Waals surface area contributed by atoms with Crippen LogP contribution < -0.4 is 9.80 Å². The van der Waals surface area contributed by atoms with Crippen molar-refractivity contribution >= 4 is 11.4 Å². The molecule has 3 heterocycles. The number of benzene rings is 1. The highest BCUT2D eigenvalue weighted by molar-refractivity contribution is 5.64. The number of morpholine rings is 1. The van der Waals surface area contributed by atoms with Crippen LogP contribution in [0.1, 0.15) is 76.7 Å². The van der Waals surface area contributed by atoms with Crippen LogP contribution in [-0.4, -0.2) is 76.1 Å². The molecule has 6 rings (SSSR count). The van der Waals surface area contributed by atoms with Crippen LogP contribution >= 0.6 is 0 Å². The molecule has 5 heteroatoms. The minimum Gasteiger partial charge on any atom is -0.381 e. The van der Waals surface area contributed by atoms with Crippen molar-refractivity contribution in [1.82, 2.24) is 4.90 Å². The maximum atomic E-state index is 6.04. The zero-order valence-corrected chi connectivity index (χ0v) is 22.2. The van der Waals surface area contributed by atoms with Crippen molar-refractivity contribution in [2.75, 3.05) is 68.8 Å². The monoisotopic (exact) mass is 481 g/mol. The van der Waals surface area contributed by atoms with Gasteiger partial charge in [-0.1, -0.05) is 0 Å². The SMILES string of the molecule is C[C@@H]1CN(c2ccc(N3CCN(CC4CCOCC4)CC3)c(C3CCC4(CC3)CC4)c2)C[C@H](C)O1. The normalized spacial score (nSPS) is 30.7. The highest BCUT2D eigenvalue weighted by Crippen LogP contribution is 2.59. The molecule has 5 nitrogen and oxygen atoms in total. The molecule has 2 saturated carbocycles. The minimum atomic E-state index is 0.301. The van der Waals surface area contributed by atoms with Gasteiger partial charge < -0.3 is 19.3 Å². The molecule has 0 aromatic heterocycles. The second-order valence-corrected chi connectivity index (χ2v) is 12.5. The Hall–Kier alpha value is -1.30. The summed E-state index contributed by atoms with van der Waals surface area (Å²) in [6.45, 7) is 14.4. The maximum Gasteiger partial charge on any atom is 0.0726 e. The molecule has 0 unspecified atom stereocenters. The van der Waals surface area contributed by atoms with Gasteiger partial charge in [-0.15, -0.1) is 0 Å². The third kappa shape index (κ3) is 5.52. The fraction of sp³-hybridized carbons (Fsp3) is 0.800. The van der Waals surface area contributed by atoms with Crippen molar-refractivity contribution < 1.29 is 9.47 Å². The molecule has 1 aromatic carbocycles. The van der Waals surface area contributed by atoms with Crippen molar-refractivity contribution in [2.24, 2.45) is 11.3 Å². The van der Waals surface area contributed by atoms with E-state index in [9.17, 15) is 0 Å². The molecular formula is C30H47N3O2. The van der Waals surface area contributed by atoms with Gasteiger partial charge in [-0.25, -0.2) is 0 Å². The molecule has 35 heavy (non-hydrogen) atoms. The second kappa shape index (κ2) is 10.2. The largest absolute Gasteiger partial charge is 0.381 e. The summed E-state index contributed by atoms with van der Waals surface area (Å²) >= 11 is 0. The summed E-state index contributed by atoms with van der Waals surface area (Å²) in [5, 5.41) is 0. The van der Waals surface area contributed by atoms with Gasteiger partial charge in [0.1, 0.15) is 0 Å². The number of nitrogens with zero attached hydrogens (tertiary/aromatic N) is 3. The lowest BCUT2D eigenvalue weighted by Crippen LogP contribution is -2.48. The number of rotatable bonds is 5. The number of piperazine rings is 1. The number of hydrogen-bond acceptors (Lipinski definition) is 5. The second-order valence-electron chi connectivity index (χ2n) is 12.5. The summed E-state index contributed by atoms with van der Waals surface area (Å²) < 4.78 is 11.6. The Balaban J connectivity index is 1.18. The molecule has 2 aliphatic carbocycles. The lowest BCUT2D eigenvalue weighted by Gasteiger charge is -2.41. The van der Waals surface area contributed by atoms with Crippen molar-refractivity contribution in [3.63, 3.8) is 0 Å². The fourth-order valence-electron chi connectivity index (χ4n) is 7.43. The molecule has 5 aliphatic rings. The van der Waals surface area contributed by atoms with Gasteiger partial charge in [0.25, 0.3) is 0 Å². The van der Waals surface area contributed by atoms with Crippen LogP contribution in [0.25, 0.3) is 0 Å². The zero-order valence-electron chi connectivity index (χ0n) is 22.2. The van der Waals surface area contributed by atoms with E-state index in [1.165, 1.54) is 82.4 Å². The smallest absolute Gasteiger partial charge is 0.0726 e. The van der Waals surface area contributed by atoms with Crippen molar-refractivity contribution in [1.29, 1.82) is 0 Å². The molecule has 194 valence electrons. The molecule has 0 amide bonds. The van der Waals surface area contributed by atoms with Gasteiger partial charge in [0.15, 0.2) is 0 Å². The fourth-order valence-corrected chi connectivity index (χ4v) is 7.43. The standard InChI is InChI=1S/C30H47N3O2/c1-23-20-33(21-24(2)35-23)27-3-4-29(28(19-27)26-5-9-30(10-6-26)11-12-30)32-15-13-31(14-16-32)22-25-7-17-34-18-8-25/h3-4,19,23-26H,5-18,20-22H2,1-2H3/t23-,24+. The number of ether oxygens (including phenoxy) is 2. The first-order valence-electron chi connectivity index (χ1n) is 14.7. The molecule has 1 aromatic rings. The van der Waals surface area contributed by atoms with Crippen LogP contribution in [0.2, 0.25) is 0 Å². The summed E-state index contributed by atoms with van der Waals surface area (Å²) in [4.78, 5) is 8.00. The Morgan fingerprint density at radius 3 is 2.17 bits per heavy atom. The molecule has 3 aliphatic heterocycles. The Morgan fingerprint density at radius 1 is 0.829 bits per heavy atom. The van der Waals surface area contributed by atoms with Crippen LogP contribution in [0.5, 0.6) is 0 Å². The Labute approximate surface area is 213 Å². The molecule has 0 N–H and O–H groups in total. The van der Waals surface area contributed by atoms with Gasteiger partial charge in [0, 0.05) is 70.4 Å². The van der Waals surface area contributed by atoms with Gasteiger partial charge in [-0.2, -0.15) is 0 Å². The van der Waals surface area contributed by atoms with Gasteiger partial charge in [0.05, 0.1) is 12.2 Å². The topological polar surface area (TPSA) is 28.2 Å². The molecule has 2 atom stereocenters. The van der Waals surface area contributed by atoms with E-state index in [0.29, 0.717) is 12.2 Å². The molecule has 5 fully saturated rings. The average Bonchev–Trinajstić information content (AvgIpc) is 3.63. The minimum absolute atomic E-state index is 0.301. The zero-order chi connectivity index (χ0) is 23.8. The maximum absolute atomic E-state index is 6.04. The van der Waals surface area contributed by atoms with Gasteiger partial charge in [-0.3, -0.25) is 4.90 Å². The quantitative estimate of drug-likeness (QED) is 0.570. The highest BCUT2D eigenvalue weighted by atomic mass is 16.5. The van der Waals surface area contributed by atoms with Crippen LogP contribution in [-0.2, 0) is 9.47 Å². The van der Waals surface area contributed by atoms with E-state index in [1.807, 2.05) is 0 Å². The third-order valence-corrected chi connectivity index (χ3v) is 9.81. The lowest BCUT2D eigenvalue weighted by molar-refractivity contribution is -0.00522. The van der Waals surface area contributed by atoms with Crippen LogP contribution in [0, 0.1) is 11.3 Å². The van der Waals surface area contributed by atoms with Gasteiger partial charge >= 0.3 is 0 Å². The molecular weight excluding hydrogens is 434 g/mol. The number of anilines is 2. The predicted molar refractivity (Wildman–Crippen MR) is 144 cm³/mol. The lowest BCUT2D eigenvalue weighted by atomic mass is 9.76. The summed E-state index contributed by atoms with van der Waals surface area (Å²) in [5.74, 6) is 1.56. The summed E-state index contributed by atoms with van der Waals surface area (Å²) in [7, 11) is 0. The van der Waals surface area contributed by atoms with E-state index >= 15 is 0 Å². The van der Waals surface area contributed by atoms with Crippen LogP contribution in [0.4, 0.5) is 11.4 Å². The molecule has 1 spiro atoms. The Morgan fingerprint density at radius 2 is 1.51 bits per heavy atom. The van der Waals surface area contributed by atoms with E-state index in [-0.39, 0.29) is 0 Å². The predicted octanol–water partition coefficient (Wildman–Crippen LogP) is 5.29. The first-order valence-corrected chi connectivity index (χ1v) is 14.7. The van der Waals surface area contributed by atoms with Gasteiger partial charge in [0.2, 0.25) is 0 Å². The van der Waals surface area contributed by atoms with Crippen molar-refractivity contribution in [3.8, 4) is 0 Å². The summed E-state index contributed by atoms with van der Waals surface area (Å²) in [6, 6.07) is 7.47. The van der Waals surface area contributed by atoms with Crippen LogP contribution in [0.3, 0.4) is 0 Å². The third-order valence-electron chi connectivity index (χ3n) is 9.81. The van der Waals surface area contributed by atoms with E-state index in [2.05, 4.69) is 46.7 Å². The van der Waals surface area contributed by atoms with E-state index < -0.39 is 0 Å². The average molecular weight is 482 g/mol. The molecule has 3 saturated heterocycles. The number of hydrogen-bond donors (Lipinski definition) is 0. The van der Waals surface area contributed by atoms with E-state index in [0.717, 1.165) is 56.6 Å². The Kier molecular flexibility index (Phi) is 7.03. The summed E-state index contributed by atoms with van der Waals surface area (Å²) in [6.07, 6.45) is 11.7. The van der Waals surface area contributed by atoms with Crippen molar-refractivity contribution in [2.45, 2.75) is 83.3 Å². The first kappa shape index (κ1) is 24.1. The highest BCUT2D eigenvalue weighted by Gasteiger charge is 2.45. The Bertz CT molecular complexity index is 837. The summed E-state index contributed by atoms with van der Waals surface area (Å²) in [5.41, 5.74) is 5.34. The van der Waals surface area contributed by atoms with Crippen LogP contribution in [0.15, 0.2) is 18.2 Å². The van der Waals surface area contributed by atoms with Gasteiger partial charge in [-0.05, 0) is 106 Å². The van der Waals surface area contributed by atoms with Crippen molar-refractivity contribution in [3.05, 3.63) is 23.8 Å².